The molecule has 2 rings (SSSR count). The van der Waals surface area contributed by atoms with Gasteiger partial charge >= 0.3 is 0 Å². The first-order valence-electron chi connectivity index (χ1n) is 5.26. The van der Waals surface area contributed by atoms with Crippen molar-refractivity contribution < 1.29 is 4.79 Å². The quantitative estimate of drug-likeness (QED) is 0.826. The van der Waals surface area contributed by atoms with Crippen LogP contribution in [0.25, 0.3) is 0 Å². The molecule has 1 aromatic carbocycles. The Labute approximate surface area is 109 Å². The monoisotopic (exact) mass is 262 g/mol. The zero-order valence-corrected chi connectivity index (χ0v) is 10.1. The second-order valence-corrected chi connectivity index (χ2v) is 3.99. The zero-order valence-electron chi connectivity index (χ0n) is 9.38. The van der Waals surface area contributed by atoms with E-state index in [4.69, 9.17) is 17.3 Å². The summed E-state index contributed by atoms with van der Waals surface area (Å²) in [6.45, 7) is 0. The molecule has 0 spiro atoms. The molecule has 92 valence electrons. The third kappa shape index (κ3) is 3.03. The van der Waals surface area contributed by atoms with Crippen LogP contribution in [-0.4, -0.2) is 15.9 Å². The van der Waals surface area contributed by atoms with E-state index in [1.165, 1.54) is 12.4 Å². The number of hydrogen-bond acceptors (Lipinski definition) is 4. The van der Waals surface area contributed by atoms with Crippen molar-refractivity contribution >= 4 is 23.3 Å². The van der Waals surface area contributed by atoms with E-state index in [0.29, 0.717) is 5.82 Å². The molecule has 0 aliphatic heterocycles. The minimum atomic E-state index is -0.750. The molecule has 0 fully saturated rings. The maximum Gasteiger partial charge on any atom is 0.247 e. The van der Waals surface area contributed by atoms with Crippen LogP contribution in [0.15, 0.2) is 42.7 Å². The van der Waals surface area contributed by atoms with Gasteiger partial charge in [0.05, 0.1) is 0 Å². The molecule has 5 nitrogen and oxygen atoms in total. The van der Waals surface area contributed by atoms with E-state index in [2.05, 4.69) is 15.3 Å². The molecule has 0 saturated carbocycles. The SMILES string of the molecule is N[C@@H](C(=O)Nc1cc(Cl)ncn1)c1ccccc1. The molecule has 1 atom stereocenters. The first kappa shape index (κ1) is 12.5. The Balaban J connectivity index is 2.09. The summed E-state index contributed by atoms with van der Waals surface area (Å²) in [4.78, 5) is 19.5. The molecule has 0 saturated heterocycles. The second kappa shape index (κ2) is 5.57. The Bertz CT molecular complexity index is 547. The topological polar surface area (TPSA) is 80.9 Å². The van der Waals surface area contributed by atoms with Crippen LogP contribution in [0.4, 0.5) is 5.82 Å². The van der Waals surface area contributed by atoms with Crippen LogP contribution in [0, 0.1) is 0 Å². The van der Waals surface area contributed by atoms with Crippen molar-refractivity contribution in [3.8, 4) is 0 Å². The Kier molecular flexibility index (Phi) is 3.86. The van der Waals surface area contributed by atoms with Crippen molar-refractivity contribution in [2.24, 2.45) is 5.73 Å². The first-order valence-corrected chi connectivity index (χ1v) is 5.63. The van der Waals surface area contributed by atoms with Gasteiger partial charge in [0.2, 0.25) is 5.91 Å². The fourth-order valence-electron chi connectivity index (χ4n) is 1.42. The van der Waals surface area contributed by atoms with E-state index < -0.39 is 6.04 Å². The summed E-state index contributed by atoms with van der Waals surface area (Å²) >= 11 is 5.69. The van der Waals surface area contributed by atoms with Crippen molar-refractivity contribution in [1.82, 2.24) is 9.97 Å². The molecule has 1 amide bonds. The third-order valence-electron chi connectivity index (χ3n) is 2.33. The minimum absolute atomic E-state index is 0.258. The van der Waals surface area contributed by atoms with E-state index in [0.717, 1.165) is 5.56 Å². The lowest BCUT2D eigenvalue weighted by Crippen LogP contribution is -2.28. The van der Waals surface area contributed by atoms with Gasteiger partial charge in [0, 0.05) is 6.07 Å². The van der Waals surface area contributed by atoms with E-state index in [-0.39, 0.29) is 11.1 Å². The van der Waals surface area contributed by atoms with Gasteiger partial charge in [-0.05, 0) is 5.56 Å². The highest BCUT2D eigenvalue weighted by molar-refractivity contribution is 6.29. The standard InChI is InChI=1S/C12H11ClN4O/c13-9-6-10(16-7-15-9)17-12(18)11(14)8-4-2-1-3-5-8/h1-7,11H,14H2,(H,15,16,17,18)/t11-/m1/s1. The Morgan fingerprint density at radius 1 is 1.28 bits per heavy atom. The van der Waals surface area contributed by atoms with Crippen LogP contribution < -0.4 is 11.1 Å². The first-order chi connectivity index (χ1) is 8.66. The number of nitrogens with zero attached hydrogens (tertiary/aromatic N) is 2. The Morgan fingerprint density at radius 3 is 2.67 bits per heavy atom. The zero-order chi connectivity index (χ0) is 13.0. The second-order valence-electron chi connectivity index (χ2n) is 3.60. The fourth-order valence-corrected chi connectivity index (χ4v) is 1.56. The van der Waals surface area contributed by atoms with Gasteiger partial charge in [-0.2, -0.15) is 0 Å². The number of hydrogen-bond donors (Lipinski definition) is 2. The highest BCUT2D eigenvalue weighted by Crippen LogP contribution is 2.13. The molecule has 0 unspecified atom stereocenters. The van der Waals surface area contributed by atoms with Gasteiger partial charge in [0.1, 0.15) is 23.3 Å². The van der Waals surface area contributed by atoms with Crippen LogP contribution in [0.5, 0.6) is 0 Å². The summed E-state index contributed by atoms with van der Waals surface area (Å²) in [5, 5.41) is 2.84. The number of carbonyl (C=O) groups excluding carboxylic acids is 1. The number of benzene rings is 1. The number of nitrogens with two attached hydrogens (primary N) is 1. The van der Waals surface area contributed by atoms with Crippen molar-refractivity contribution in [2.75, 3.05) is 5.32 Å². The van der Waals surface area contributed by atoms with Gasteiger partial charge in [-0.15, -0.1) is 0 Å². The number of rotatable bonds is 3. The lowest BCUT2D eigenvalue weighted by molar-refractivity contribution is -0.117. The van der Waals surface area contributed by atoms with Crippen molar-refractivity contribution in [2.45, 2.75) is 6.04 Å². The lowest BCUT2D eigenvalue weighted by atomic mass is 10.1. The minimum Gasteiger partial charge on any atom is -0.316 e. The van der Waals surface area contributed by atoms with Crippen LogP contribution in [-0.2, 0) is 4.79 Å². The van der Waals surface area contributed by atoms with E-state index in [1.807, 2.05) is 18.2 Å². The van der Waals surface area contributed by atoms with Crippen molar-refractivity contribution in [3.05, 3.63) is 53.4 Å². The third-order valence-corrected chi connectivity index (χ3v) is 2.53. The molecule has 3 N–H and O–H groups in total. The largest absolute Gasteiger partial charge is 0.316 e. The summed E-state index contributed by atoms with van der Waals surface area (Å²) < 4.78 is 0. The average Bonchev–Trinajstić information content (AvgIpc) is 2.39. The normalized spacial score (nSPS) is 11.9. The van der Waals surface area contributed by atoms with Gasteiger partial charge < -0.3 is 11.1 Å². The van der Waals surface area contributed by atoms with E-state index in [1.54, 1.807) is 12.1 Å². The molecule has 6 heteroatoms. The summed E-state index contributed by atoms with van der Waals surface area (Å²) in [6, 6.07) is 9.79. The molecule has 0 aliphatic carbocycles. The number of carbonyl (C=O) groups is 1. The molecule has 0 bridgehead atoms. The van der Waals surface area contributed by atoms with Gasteiger partial charge in [-0.1, -0.05) is 41.9 Å². The summed E-state index contributed by atoms with van der Waals surface area (Å²) in [7, 11) is 0. The summed E-state index contributed by atoms with van der Waals surface area (Å²) in [5.74, 6) is -0.0256. The van der Waals surface area contributed by atoms with E-state index >= 15 is 0 Å². The van der Waals surface area contributed by atoms with Gasteiger partial charge in [-0.25, -0.2) is 9.97 Å². The maximum atomic E-state index is 11.9. The van der Waals surface area contributed by atoms with E-state index in [9.17, 15) is 4.79 Å². The van der Waals surface area contributed by atoms with Crippen molar-refractivity contribution in [1.29, 1.82) is 0 Å². The number of amides is 1. The molecular formula is C12H11ClN4O. The molecule has 18 heavy (non-hydrogen) atoms. The fraction of sp³-hybridized carbons (Fsp3) is 0.0833. The van der Waals surface area contributed by atoms with Crippen LogP contribution in [0.1, 0.15) is 11.6 Å². The number of anilines is 1. The predicted molar refractivity (Wildman–Crippen MR) is 69.0 cm³/mol. The van der Waals surface area contributed by atoms with Gasteiger partial charge in [0.15, 0.2) is 0 Å². The molecule has 0 radical (unpaired) electrons. The Morgan fingerprint density at radius 2 is 2.00 bits per heavy atom. The van der Waals surface area contributed by atoms with Gasteiger partial charge in [0.25, 0.3) is 0 Å². The maximum absolute atomic E-state index is 11.9. The molecule has 0 aliphatic rings. The Hall–Kier alpha value is -1.98. The van der Waals surface area contributed by atoms with Crippen LogP contribution in [0.3, 0.4) is 0 Å². The number of halogens is 1. The highest BCUT2D eigenvalue weighted by atomic mass is 35.5. The number of aromatic nitrogens is 2. The molecule has 2 aromatic rings. The smallest absolute Gasteiger partial charge is 0.247 e. The average molecular weight is 263 g/mol. The van der Waals surface area contributed by atoms with Crippen LogP contribution in [0.2, 0.25) is 5.15 Å². The highest BCUT2D eigenvalue weighted by Gasteiger charge is 2.15. The van der Waals surface area contributed by atoms with Crippen LogP contribution >= 0.6 is 11.6 Å². The molecular weight excluding hydrogens is 252 g/mol. The van der Waals surface area contributed by atoms with Crippen molar-refractivity contribution in [3.63, 3.8) is 0 Å². The molecule has 1 aromatic heterocycles. The van der Waals surface area contributed by atoms with Gasteiger partial charge in [-0.3, -0.25) is 4.79 Å². The number of nitrogens with one attached hydrogen (secondary N) is 1. The summed E-state index contributed by atoms with van der Waals surface area (Å²) in [5.41, 5.74) is 6.57. The summed E-state index contributed by atoms with van der Waals surface area (Å²) in [6.07, 6.45) is 1.27. The predicted octanol–water partition coefficient (Wildman–Crippen LogP) is 1.77. The molecule has 1 heterocycles. The lowest BCUT2D eigenvalue weighted by Gasteiger charge is -2.11.